The molecule has 0 radical (unpaired) electrons. The maximum absolute atomic E-state index is 13.3. The van der Waals surface area contributed by atoms with Crippen LogP contribution in [0.25, 0.3) is 0 Å². The van der Waals surface area contributed by atoms with Crippen LogP contribution in [0.5, 0.6) is 5.75 Å². The number of phenolic OH excluding ortho intramolecular Hbond substituents is 1. The first kappa shape index (κ1) is 21.0. The zero-order chi connectivity index (χ0) is 21.6. The predicted molar refractivity (Wildman–Crippen MR) is 126 cm³/mol. The molecule has 2 heterocycles. The normalized spacial score (nSPS) is 26.0. The highest BCUT2D eigenvalue weighted by Crippen LogP contribution is 2.51. The minimum Gasteiger partial charge on any atom is -0.508 e. The molecule has 1 fully saturated rings. The number of halogens is 1. The Morgan fingerprint density at radius 1 is 1.00 bits per heavy atom. The first-order chi connectivity index (χ1) is 14.9. The second-order valence-corrected chi connectivity index (χ2v) is 11.6. The maximum atomic E-state index is 13.3. The molecule has 2 aliphatic heterocycles. The number of nitrogens with one attached hydrogen (secondary N) is 1. The van der Waals surface area contributed by atoms with E-state index in [2.05, 4.69) is 33.4 Å². The molecule has 0 aromatic heterocycles. The van der Waals surface area contributed by atoms with E-state index < -0.39 is 10.0 Å². The highest BCUT2D eigenvalue weighted by Gasteiger charge is 2.39. The van der Waals surface area contributed by atoms with E-state index in [9.17, 15) is 13.5 Å². The number of rotatable bonds is 3. The van der Waals surface area contributed by atoms with Crippen LogP contribution in [0.2, 0.25) is 0 Å². The minimum absolute atomic E-state index is 0.0435. The van der Waals surface area contributed by atoms with Gasteiger partial charge in [-0.1, -0.05) is 40.9 Å². The molecular formula is C24H27BrN2O3S. The summed E-state index contributed by atoms with van der Waals surface area (Å²) in [6.07, 6.45) is 9.29. The Morgan fingerprint density at radius 2 is 1.77 bits per heavy atom. The van der Waals surface area contributed by atoms with Crippen molar-refractivity contribution in [2.75, 3.05) is 18.4 Å². The zero-order valence-electron chi connectivity index (χ0n) is 17.3. The van der Waals surface area contributed by atoms with Gasteiger partial charge < -0.3 is 10.4 Å². The third-order valence-corrected chi connectivity index (χ3v) is 9.25. The number of hydrogen-bond donors (Lipinski definition) is 2. The molecule has 2 aromatic rings. The van der Waals surface area contributed by atoms with Crippen LogP contribution in [-0.4, -0.2) is 30.9 Å². The monoisotopic (exact) mass is 502 g/mol. The summed E-state index contributed by atoms with van der Waals surface area (Å²) >= 11 is 3.52. The van der Waals surface area contributed by atoms with Gasteiger partial charge in [-0.25, -0.2) is 8.42 Å². The van der Waals surface area contributed by atoms with E-state index in [0.29, 0.717) is 18.0 Å². The van der Waals surface area contributed by atoms with Crippen molar-refractivity contribution >= 4 is 31.6 Å². The number of allylic oxidation sites excluding steroid dienone is 2. The van der Waals surface area contributed by atoms with Crippen LogP contribution in [0.15, 0.2) is 57.9 Å². The molecule has 164 valence electrons. The van der Waals surface area contributed by atoms with Crippen LogP contribution in [0.4, 0.5) is 5.69 Å². The Kier molecular flexibility index (Phi) is 5.61. The maximum Gasteiger partial charge on any atom is 0.243 e. The smallest absolute Gasteiger partial charge is 0.243 e. The van der Waals surface area contributed by atoms with Gasteiger partial charge in [-0.05, 0) is 67.1 Å². The van der Waals surface area contributed by atoms with Gasteiger partial charge in [0.25, 0.3) is 0 Å². The van der Waals surface area contributed by atoms with E-state index in [1.807, 2.05) is 24.3 Å². The number of sulfonamides is 1. The Morgan fingerprint density at radius 3 is 2.55 bits per heavy atom. The number of benzene rings is 2. The van der Waals surface area contributed by atoms with Crippen molar-refractivity contribution in [1.29, 1.82) is 0 Å². The summed E-state index contributed by atoms with van der Waals surface area (Å²) in [6, 6.07) is 11.0. The quantitative estimate of drug-likeness (QED) is 0.540. The van der Waals surface area contributed by atoms with Crippen molar-refractivity contribution in [2.45, 2.75) is 49.0 Å². The van der Waals surface area contributed by atoms with Crippen molar-refractivity contribution in [3.8, 4) is 5.75 Å². The van der Waals surface area contributed by atoms with Gasteiger partial charge in [-0.15, -0.1) is 0 Å². The average molecular weight is 503 g/mol. The number of anilines is 1. The first-order valence-corrected chi connectivity index (χ1v) is 13.2. The second kappa shape index (κ2) is 8.26. The second-order valence-electron chi connectivity index (χ2n) is 8.75. The minimum atomic E-state index is -3.49. The lowest BCUT2D eigenvalue weighted by Crippen LogP contribution is -2.33. The molecule has 2 aromatic carbocycles. The van der Waals surface area contributed by atoms with Gasteiger partial charge in [0.1, 0.15) is 5.75 Å². The van der Waals surface area contributed by atoms with E-state index in [4.69, 9.17) is 0 Å². The molecular weight excluding hydrogens is 476 g/mol. The molecule has 0 amide bonds. The van der Waals surface area contributed by atoms with Crippen LogP contribution in [-0.2, 0) is 10.0 Å². The predicted octanol–water partition coefficient (Wildman–Crippen LogP) is 5.55. The molecule has 3 aliphatic rings. The fourth-order valence-electron chi connectivity index (χ4n) is 5.25. The van der Waals surface area contributed by atoms with Gasteiger partial charge >= 0.3 is 0 Å². The summed E-state index contributed by atoms with van der Waals surface area (Å²) in [5, 5.41) is 14.1. The largest absolute Gasteiger partial charge is 0.508 e. The van der Waals surface area contributed by atoms with Crippen molar-refractivity contribution in [3.63, 3.8) is 0 Å². The molecule has 7 heteroatoms. The van der Waals surface area contributed by atoms with Crippen molar-refractivity contribution < 1.29 is 13.5 Å². The fraction of sp³-hybridized carbons (Fsp3) is 0.417. The van der Waals surface area contributed by atoms with Crippen LogP contribution >= 0.6 is 15.9 Å². The Balaban J connectivity index is 1.52. The van der Waals surface area contributed by atoms with Crippen molar-refractivity contribution in [3.05, 3.63) is 64.1 Å². The van der Waals surface area contributed by atoms with E-state index in [0.717, 1.165) is 53.4 Å². The summed E-state index contributed by atoms with van der Waals surface area (Å²) in [5.41, 5.74) is 2.83. The highest BCUT2D eigenvalue weighted by molar-refractivity contribution is 9.10. The summed E-state index contributed by atoms with van der Waals surface area (Å²) in [4.78, 5) is 0.387. The lowest BCUT2D eigenvalue weighted by molar-refractivity contribution is 0.401. The van der Waals surface area contributed by atoms with E-state index >= 15 is 0 Å². The lowest BCUT2D eigenvalue weighted by Gasteiger charge is -2.38. The van der Waals surface area contributed by atoms with Gasteiger partial charge in [-0.2, -0.15) is 4.31 Å². The fourth-order valence-corrected chi connectivity index (χ4v) is 7.18. The SMILES string of the molecule is O=S(=O)(c1ccc2c(c1)C1C=CCC1C(c1cc(Br)ccc1O)N2)N1CCCCCC1. The molecule has 31 heavy (non-hydrogen) atoms. The van der Waals surface area contributed by atoms with E-state index in [1.54, 1.807) is 16.4 Å². The van der Waals surface area contributed by atoms with Crippen molar-refractivity contribution in [1.82, 2.24) is 4.31 Å². The van der Waals surface area contributed by atoms with Gasteiger partial charge in [-0.3, -0.25) is 0 Å². The summed E-state index contributed by atoms with van der Waals surface area (Å²) in [5.74, 6) is 0.623. The summed E-state index contributed by atoms with van der Waals surface area (Å²) in [6.45, 7) is 1.21. The number of hydrogen-bond acceptors (Lipinski definition) is 4. The van der Waals surface area contributed by atoms with E-state index in [1.165, 1.54) is 0 Å². The third kappa shape index (κ3) is 3.81. The summed E-state index contributed by atoms with van der Waals surface area (Å²) < 4.78 is 29.3. The first-order valence-electron chi connectivity index (χ1n) is 11.0. The van der Waals surface area contributed by atoms with Crippen LogP contribution in [0.3, 0.4) is 0 Å². The third-order valence-electron chi connectivity index (χ3n) is 6.86. The summed E-state index contributed by atoms with van der Waals surface area (Å²) in [7, 11) is -3.49. The topological polar surface area (TPSA) is 69.6 Å². The molecule has 1 aliphatic carbocycles. The van der Waals surface area contributed by atoms with Crippen molar-refractivity contribution in [2.24, 2.45) is 5.92 Å². The molecule has 2 N–H and O–H groups in total. The molecule has 3 unspecified atom stereocenters. The number of phenols is 1. The van der Waals surface area contributed by atoms with Gasteiger partial charge in [0.15, 0.2) is 0 Å². The average Bonchev–Trinajstić information content (AvgIpc) is 3.09. The Labute approximate surface area is 192 Å². The number of fused-ring (bicyclic) bond motifs is 3. The van der Waals surface area contributed by atoms with Gasteiger partial charge in [0, 0.05) is 34.7 Å². The number of aromatic hydroxyl groups is 1. The number of nitrogens with zero attached hydrogens (tertiary/aromatic N) is 1. The van der Waals surface area contributed by atoms with E-state index in [-0.39, 0.29) is 23.6 Å². The molecule has 0 saturated carbocycles. The molecule has 5 nitrogen and oxygen atoms in total. The highest BCUT2D eigenvalue weighted by atomic mass is 79.9. The Bertz CT molecular complexity index is 1120. The molecule has 1 saturated heterocycles. The Hall–Kier alpha value is -1.83. The van der Waals surface area contributed by atoms with Crippen LogP contribution in [0.1, 0.15) is 55.2 Å². The molecule has 5 rings (SSSR count). The zero-order valence-corrected chi connectivity index (χ0v) is 19.7. The van der Waals surface area contributed by atoms with Gasteiger partial charge in [0.05, 0.1) is 10.9 Å². The lowest BCUT2D eigenvalue weighted by atomic mass is 9.77. The van der Waals surface area contributed by atoms with Crippen LogP contribution in [0, 0.1) is 5.92 Å². The standard InChI is InChI=1S/C24H27BrN2O3S/c25-16-8-11-23(28)21(14-16)24-19-7-5-6-18(19)20-15-17(9-10-22(20)26-24)31(29,30)27-12-3-1-2-4-13-27/h5-6,8-11,14-15,18-19,24,26,28H,1-4,7,12-13H2. The molecule has 3 atom stereocenters. The molecule has 0 spiro atoms. The van der Waals surface area contributed by atoms with Gasteiger partial charge in [0.2, 0.25) is 10.0 Å². The molecule has 0 bridgehead atoms. The van der Waals surface area contributed by atoms with Crippen LogP contribution < -0.4 is 5.32 Å².